The van der Waals surface area contributed by atoms with Crippen molar-refractivity contribution < 1.29 is 4.39 Å². The largest absolute Gasteiger partial charge is 0.273 e. The monoisotopic (exact) mass is 353 g/mol. The molecule has 1 aromatic carbocycles. The minimum Gasteiger partial charge on any atom is -0.267 e. The molecule has 0 aliphatic carbocycles. The zero-order chi connectivity index (χ0) is 17.1. The Morgan fingerprint density at radius 3 is 2.46 bits per heavy atom. The van der Waals surface area contributed by atoms with Gasteiger partial charge in [-0.1, -0.05) is 6.07 Å². The third-order valence-corrected chi connectivity index (χ3v) is 5.07. The molecule has 0 bridgehead atoms. The highest BCUT2D eigenvalue weighted by Crippen LogP contribution is 2.09. The molecule has 7 heteroatoms. The maximum Gasteiger partial charge on any atom is 0.273 e. The lowest BCUT2D eigenvalue weighted by atomic mass is 10.3. The Morgan fingerprint density at radius 1 is 1.17 bits per heavy atom. The van der Waals surface area contributed by atoms with E-state index in [2.05, 4.69) is 0 Å². The first-order valence-corrected chi connectivity index (χ1v) is 8.41. The fourth-order valence-corrected chi connectivity index (χ4v) is 3.88. The van der Waals surface area contributed by atoms with Gasteiger partial charge in [0.2, 0.25) is 0 Å². The van der Waals surface area contributed by atoms with Gasteiger partial charge >= 0.3 is 0 Å². The fraction of sp³-hybridized carbons (Fsp3) is 0. The van der Waals surface area contributed by atoms with E-state index in [0.29, 0.717) is 10.2 Å². The Balaban J connectivity index is 2.40. The molecular weight excluding hydrogens is 345 g/mol. The van der Waals surface area contributed by atoms with Crippen molar-refractivity contribution in [3.63, 3.8) is 0 Å². The molecule has 0 saturated heterocycles. The average molecular weight is 353 g/mol. The fourth-order valence-electron chi connectivity index (χ4n) is 2.10. The highest BCUT2D eigenvalue weighted by molar-refractivity contribution is 7.11. The van der Waals surface area contributed by atoms with Crippen LogP contribution >= 0.6 is 22.7 Å². The summed E-state index contributed by atoms with van der Waals surface area (Å²) in [5.74, 6) is -0.432. The van der Waals surface area contributed by atoms with E-state index >= 15 is 0 Å². The van der Waals surface area contributed by atoms with Crippen LogP contribution in [0.1, 0.15) is 4.88 Å². The quantitative estimate of drug-likeness (QED) is 0.709. The lowest BCUT2D eigenvalue weighted by molar-refractivity contribution is 0.627. The van der Waals surface area contributed by atoms with Gasteiger partial charge in [-0.15, -0.1) is 22.7 Å². The van der Waals surface area contributed by atoms with Crippen LogP contribution in [0.2, 0.25) is 0 Å². The van der Waals surface area contributed by atoms with Crippen LogP contribution in [0.4, 0.5) is 4.39 Å². The van der Waals surface area contributed by atoms with E-state index in [1.165, 1.54) is 40.2 Å². The molecule has 24 heavy (non-hydrogen) atoms. The second kappa shape index (κ2) is 6.63. The molecular formula is C17H8FN3OS2. The van der Waals surface area contributed by atoms with Crippen molar-refractivity contribution in [2.45, 2.75) is 0 Å². The summed E-state index contributed by atoms with van der Waals surface area (Å²) < 4.78 is 15.1. The number of hydrogen-bond donors (Lipinski definition) is 0. The van der Waals surface area contributed by atoms with Crippen LogP contribution in [0.5, 0.6) is 0 Å². The minimum atomic E-state index is -0.432. The van der Waals surface area contributed by atoms with Crippen LogP contribution in [-0.4, -0.2) is 4.57 Å². The van der Waals surface area contributed by atoms with E-state index < -0.39 is 5.82 Å². The molecule has 0 radical (unpaired) electrons. The number of thiophene rings is 1. The van der Waals surface area contributed by atoms with E-state index in [0.717, 1.165) is 16.2 Å². The summed E-state index contributed by atoms with van der Waals surface area (Å²) in [5.41, 5.74) is -0.105. The SMILES string of the molecule is N#CC(C#N)=c1s/c(=C\c2cccs2)c(=O)n1-c1ccc(F)cc1. The molecule has 2 heterocycles. The summed E-state index contributed by atoms with van der Waals surface area (Å²) >= 11 is 2.54. The van der Waals surface area contributed by atoms with Crippen LogP contribution in [0.3, 0.4) is 0 Å². The summed E-state index contributed by atoms with van der Waals surface area (Å²) in [6, 6.07) is 12.7. The van der Waals surface area contributed by atoms with Crippen molar-refractivity contribution in [1.82, 2.24) is 4.57 Å². The van der Waals surface area contributed by atoms with Crippen LogP contribution in [0.15, 0.2) is 46.6 Å². The Bertz CT molecular complexity index is 1130. The summed E-state index contributed by atoms with van der Waals surface area (Å²) in [6.45, 7) is 0. The predicted octanol–water partition coefficient (Wildman–Crippen LogP) is 2.13. The first-order valence-electron chi connectivity index (χ1n) is 6.71. The smallest absolute Gasteiger partial charge is 0.267 e. The second-order valence-corrected chi connectivity index (χ2v) is 6.66. The molecule has 0 amide bonds. The van der Waals surface area contributed by atoms with Crippen LogP contribution in [-0.2, 0) is 0 Å². The van der Waals surface area contributed by atoms with E-state index in [9.17, 15) is 9.18 Å². The van der Waals surface area contributed by atoms with Crippen LogP contribution in [0, 0.1) is 28.5 Å². The van der Waals surface area contributed by atoms with Crippen LogP contribution in [0.25, 0.3) is 17.3 Å². The second-order valence-electron chi connectivity index (χ2n) is 4.65. The van der Waals surface area contributed by atoms with Crippen molar-refractivity contribution in [3.05, 3.63) is 72.0 Å². The molecule has 0 saturated carbocycles. The number of benzene rings is 1. The molecule has 0 aliphatic heterocycles. The van der Waals surface area contributed by atoms with Crippen molar-refractivity contribution in [2.75, 3.05) is 0 Å². The molecule has 116 valence electrons. The van der Waals surface area contributed by atoms with Crippen molar-refractivity contribution in [2.24, 2.45) is 0 Å². The highest BCUT2D eigenvalue weighted by Gasteiger charge is 2.11. The van der Waals surface area contributed by atoms with Crippen molar-refractivity contribution in [1.29, 1.82) is 10.5 Å². The van der Waals surface area contributed by atoms with Crippen molar-refractivity contribution in [3.8, 4) is 17.8 Å². The van der Waals surface area contributed by atoms with E-state index in [4.69, 9.17) is 10.5 Å². The van der Waals surface area contributed by atoms with Gasteiger partial charge < -0.3 is 0 Å². The van der Waals surface area contributed by atoms with Gasteiger partial charge in [0.05, 0.1) is 10.2 Å². The maximum absolute atomic E-state index is 13.2. The maximum atomic E-state index is 13.2. The van der Waals surface area contributed by atoms with Crippen molar-refractivity contribution >= 4 is 34.3 Å². The first kappa shape index (κ1) is 15.9. The third kappa shape index (κ3) is 2.91. The average Bonchev–Trinajstić information content (AvgIpc) is 3.20. The molecule has 2 aromatic heterocycles. The molecule has 0 unspecified atom stereocenters. The number of aromatic nitrogens is 1. The van der Waals surface area contributed by atoms with Gasteiger partial charge in [-0.05, 0) is 41.8 Å². The van der Waals surface area contributed by atoms with Gasteiger partial charge in [0, 0.05) is 4.88 Å². The molecule has 0 atom stereocenters. The summed E-state index contributed by atoms with van der Waals surface area (Å²) in [7, 11) is 0. The number of nitriles is 2. The van der Waals surface area contributed by atoms with E-state index in [-0.39, 0.29) is 15.8 Å². The number of rotatable bonds is 2. The Kier molecular flexibility index (Phi) is 4.39. The molecule has 0 spiro atoms. The van der Waals surface area contributed by atoms with E-state index in [1.54, 1.807) is 6.08 Å². The number of hydrogen-bond acceptors (Lipinski definition) is 5. The zero-order valence-corrected chi connectivity index (χ0v) is 13.7. The standard InChI is InChI=1S/C17H8FN3OS2/c18-12-3-5-13(6-4-12)21-16(22)15(8-14-2-1-7-23-14)24-17(21)11(9-19)10-20/h1-8H/b15-8-. The number of thiazole rings is 1. The predicted molar refractivity (Wildman–Crippen MR) is 91.6 cm³/mol. The van der Waals surface area contributed by atoms with Gasteiger partial charge in [-0.2, -0.15) is 10.5 Å². The summed E-state index contributed by atoms with van der Waals surface area (Å²) in [4.78, 5) is 13.6. The number of nitrogens with zero attached hydrogens (tertiary/aromatic N) is 3. The molecule has 0 fully saturated rings. The Morgan fingerprint density at radius 2 is 1.88 bits per heavy atom. The van der Waals surface area contributed by atoms with Gasteiger partial charge in [0.1, 0.15) is 22.6 Å². The van der Waals surface area contributed by atoms with Gasteiger partial charge in [-0.3, -0.25) is 9.36 Å². The zero-order valence-electron chi connectivity index (χ0n) is 12.1. The summed E-state index contributed by atoms with van der Waals surface area (Å²) in [5, 5.41) is 20.2. The topological polar surface area (TPSA) is 69.6 Å². The Labute approximate surface area is 143 Å². The molecule has 4 nitrogen and oxygen atoms in total. The van der Waals surface area contributed by atoms with Gasteiger partial charge in [0.25, 0.3) is 5.56 Å². The van der Waals surface area contributed by atoms with Gasteiger partial charge in [-0.25, -0.2) is 4.39 Å². The van der Waals surface area contributed by atoms with Crippen LogP contribution < -0.4 is 14.8 Å². The van der Waals surface area contributed by atoms with E-state index in [1.807, 2.05) is 29.7 Å². The number of halogens is 1. The summed E-state index contributed by atoms with van der Waals surface area (Å²) in [6.07, 6.45) is 1.72. The molecule has 3 aromatic rings. The molecule has 0 N–H and O–H groups in total. The first-order chi connectivity index (χ1) is 11.6. The third-order valence-electron chi connectivity index (χ3n) is 3.16. The Hall–Kier alpha value is -3.00. The highest BCUT2D eigenvalue weighted by atomic mass is 32.1. The minimum absolute atomic E-state index is 0.160. The normalized spacial score (nSPS) is 11.0. The lowest BCUT2D eigenvalue weighted by Gasteiger charge is -2.01. The molecule has 0 aliphatic rings. The molecule has 3 rings (SSSR count). The lowest BCUT2D eigenvalue weighted by Crippen LogP contribution is -2.30. The van der Waals surface area contributed by atoms with Gasteiger partial charge in [0.15, 0.2) is 5.57 Å².